The van der Waals surface area contributed by atoms with E-state index in [4.69, 9.17) is 14.8 Å². The van der Waals surface area contributed by atoms with Crippen molar-refractivity contribution in [2.24, 2.45) is 0 Å². The number of nitrogens with zero attached hydrogens (tertiary/aromatic N) is 1. The third kappa shape index (κ3) is 3.04. The van der Waals surface area contributed by atoms with E-state index in [9.17, 15) is 0 Å². The van der Waals surface area contributed by atoms with Crippen LogP contribution >= 0.6 is 0 Å². The molecule has 0 aliphatic rings. The molecule has 4 nitrogen and oxygen atoms in total. The fourth-order valence-electron chi connectivity index (χ4n) is 0.876. The molecular weight excluding hydrogens is 169 g/mol. The van der Waals surface area contributed by atoms with Gasteiger partial charge in [0.25, 0.3) is 0 Å². The van der Waals surface area contributed by atoms with Crippen LogP contribution in [0.4, 0.5) is 0 Å². The van der Waals surface area contributed by atoms with E-state index in [-0.39, 0.29) is 0 Å². The van der Waals surface area contributed by atoms with E-state index in [0.717, 1.165) is 6.42 Å². The number of aromatic nitrogens is 1. The third-order valence-corrected chi connectivity index (χ3v) is 1.51. The molecule has 0 saturated heterocycles. The molecule has 0 atom stereocenters. The lowest BCUT2D eigenvalue weighted by atomic mass is 9.82. The molecule has 0 aliphatic carbocycles. The Labute approximate surface area is 77.3 Å². The summed E-state index contributed by atoms with van der Waals surface area (Å²) in [6, 6.07) is 1.56. The third-order valence-electron chi connectivity index (χ3n) is 1.51. The Morgan fingerprint density at radius 2 is 2.23 bits per heavy atom. The summed E-state index contributed by atoms with van der Waals surface area (Å²) in [5.41, 5.74) is 0.341. The summed E-state index contributed by atoms with van der Waals surface area (Å²) in [7, 11) is -1.49. The minimum Gasteiger partial charge on any atom is -0.492 e. The zero-order valence-corrected chi connectivity index (χ0v) is 7.47. The van der Waals surface area contributed by atoms with Crippen molar-refractivity contribution in [3.05, 3.63) is 18.5 Å². The Morgan fingerprint density at radius 3 is 2.85 bits per heavy atom. The quantitative estimate of drug-likeness (QED) is 0.617. The molecule has 1 rings (SSSR count). The fraction of sp³-hybridized carbons (Fsp3) is 0.375. The van der Waals surface area contributed by atoms with Crippen molar-refractivity contribution in [3.63, 3.8) is 0 Å². The van der Waals surface area contributed by atoms with Crippen LogP contribution in [0.1, 0.15) is 13.3 Å². The molecule has 2 N–H and O–H groups in total. The van der Waals surface area contributed by atoms with Crippen LogP contribution in [0, 0.1) is 0 Å². The van der Waals surface area contributed by atoms with Crippen LogP contribution in [0.2, 0.25) is 0 Å². The molecule has 1 aromatic rings. The second-order valence-electron chi connectivity index (χ2n) is 2.68. The Kier molecular flexibility index (Phi) is 3.73. The first-order chi connectivity index (χ1) is 6.24. The molecule has 5 heteroatoms. The maximum absolute atomic E-state index is 8.83. The summed E-state index contributed by atoms with van der Waals surface area (Å²) < 4.78 is 5.26. The molecule has 0 aliphatic heterocycles. The number of ether oxygens (including phenoxy) is 1. The van der Waals surface area contributed by atoms with Crippen LogP contribution in [0.15, 0.2) is 18.5 Å². The Morgan fingerprint density at radius 1 is 1.46 bits per heavy atom. The van der Waals surface area contributed by atoms with Crippen LogP contribution in [0.5, 0.6) is 5.75 Å². The number of hydrogen-bond acceptors (Lipinski definition) is 4. The van der Waals surface area contributed by atoms with E-state index in [0.29, 0.717) is 17.8 Å². The van der Waals surface area contributed by atoms with Gasteiger partial charge in [-0.1, -0.05) is 6.92 Å². The van der Waals surface area contributed by atoms with Gasteiger partial charge in [-0.3, -0.25) is 4.98 Å². The fourth-order valence-corrected chi connectivity index (χ4v) is 0.876. The molecule has 1 aromatic heterocycles. The first-order valence-electron chi connectivity index (χ1n) is 4.18. The van der Waals surface area contributed by atoms with Gasteiger partial charge in [0.15, 0.2) is 0 Å². The molecule has 0 radical (unpaired) electrons. The minimum absolute atomic E-state index is 0.341. The Hall–Kier alpha value is -1.07. The van der Waals surface area contributed by atoms with Crippen molar-refractivity contribution in [2.75, 3.05) is 6.61 Å². The summed E-state index contributed by atoms with van der Waals surface area (Å²) in [6.45, 7) is 2.60. The van der Waals surface area contributed by atoms with Gasteiger partial charge in [0.1, 0.15) is 5.75 Å². The van der Waals surface area contributed by atoms with E-state index in [1.807, 2.05) is 6.92 Å². The average molecular weight is 181 g/mol. The van der Waals surface area contributed by atoms with Gasteiger partial charge < -0.3 is 14.8 Å². The molecule has 0 saturated carbocycles. The molecular formula is C8H12BNO3. The van der Waals surface area contributed by atoms with E-state index in [2.05, 4.69) is 4.98 Å². The highest BCUT2D eigenvalue weighted by Crippen LogP contribution is 2.05. The summed E-state index contributed by atoms with van der Waals surface area (Å²) in [6.07, 6.45) is 3.84. The van der Waals surface area contributed by atoms with E-state index < -0.39 is 7.12 Å². The smallest absolute Gasteiger partial charge is 0.490 e. The van der Waals surface area contributed by atoms with Crippen LogP contribution in [0.3, 0.4) is 0 Å². The summed E-state index contributed by atoms with van der Waals surface area (Å²) >= 11 is 0. The van der Waals surface area contributed by atoms with Crippen LogP contribution < -0.4 is 10.2 Å². The van der Waals surface area contributed by atoms with E-state index >= 15 is 0 Å². The largest absolute Gasteiger partial charge is 0.492 e. The number of hydrogen-bond donors (Lipinski definition) is 2. The molecule has 1 heterocycles. The summed E-state index contributed by atoms with van der Waals surface area (Å²) in [5.74, 6) is 0.562. The molecule has 13 heavy (non-hydrogen) atoms. The van der Waals surface area contributed by atoms with Crippen LogP contribution in [-0.4, -0.2) is 28.8 Å². The van der Waals surface area contributed by atoms with Crippen molar-refractivity contribution in [2.45, 2.75) is 13.3 Å². The van der Waals surface area contributed by atoms with Crippen molar-refractivity contribution in [1.29, 1.82) is 0 Å². The number of rotatable bonds is 4. The predicted molar refractivity (Wildman–Crippen MR) is 49.8 cm³/mol. The van der Waals surface area contributed by atoms with Gasteiger partial charge in [0.2, 0.25) is 0 Å². The topological polar surface area (TPSA) is 62.6 Å². The maximum atomic E-state index is 8.83. The van der Waals surface area contributed by atoms with Gasteiger partial charge in [0, 0.05) is 11.7 Å². The lowest BCUT2D eigenvalue weighted by Gasteiger charge is -2.05. The highest BCUT2D eigenvalue weighted by Gasteiger charge is 2.11. The summed E-state index contributed by atoms with van der Waals surface area (Å²) in [4.78, 5) is 3.81. The molecule has 0 aromatic carbocycles. The maximum Gasteiger partial charge on any atom is 0.490 e. The molecule has 0 bridgehead atoms. The lowest BCUT2D eigenvalue weighted by Crippen LogP contribution is -2.30. The van der Waals surface area contributed by atoms with Gasteiger partial charge in [-0.2, -0.15) is 0 Å². The van der Waals surface area contributed by atoms with Gasteiger partial charge in [-0.05, 0) is 12.5 Å². The highest BCUT2D eigenvalue weighted by molar-refractivity contribution is 6.58. The summed E-state index contributed by atoms with van der Waals surface area (Å²) in [5, 5.41) is 17.7. The van der Waals surface area contributed by atoms with Gasteiger partial charge >= 0.3 is 7.12 Å². The van der Waals surface area contributed by atoms with Crippen molar-refractivity contribution in [3.8, 4) is 5.75 Å². The van der Waals surface area contributed by atoms with Crippen LogP contribution in [-0.2, 0) is 0 Å². The zero-order valence-electron chi connectivity index (χ0n) is 7.47. The van der Waals surface area contributed by atoms with Crippen LogP contribution in [0.25, 0.3) is 0 Å². The number of pyridine rings is 1. The first kappa shape index (κ1) is 10.0. The zero-order chi connectivity index (χ0) is 9.68. The molecule has 0 spiro atoms. The standard InChI is InChI=1S/C8H12BNO3/c1-2-3-13-8-4-7(9(11)12)5-10-6-8/h4-6,11-12H,2-3H2,1H3. The molecule has 0 amide bonds. The molecule has 0 unspecified atom stereocenters. The van der Waals surface area contributed by atoms with Crippen molar-refractivity contribution in [1.82, 2.24) is 4.98 Å². The second-order valence-corrected chi connectivity index (χ2v) is 2.68. The van der Waals surface area contributed by atoms with Gasteiger partial charge in [0.05, 0.1) is 12.8 Å². The Balaban J connectivity index is 2.68. The minimum atomic E-state index is -1.49. The molecule has 0 fully saturated rings. The van der Waals surface area contributed by atoms with Crippen molar-refractivity contribution < 1.29 is 14.8 Å². The first-order valence-corrected chi connectivity index (χ1v) is 4.18. The lowest BCUT2D eigenvalue weighted by molar-refractivity contribution is 0.316. The SMILES string of the molecule is CCCOc1cncc(B(O)O)c1. The normalized spacial score (nSPS) is 9.77. The van der Waals surface area contributed by atoms with E-state index in [1.165, 1.54) is 6.20 Å². The monoisotopic (exact) mass is 181 g/mol. The average Bonchev–Trinajstić information content (AvgIpc) is 2.15. The second kappa shape index (κ2) is 4.84. The van der Waals surface area contributed by atoms with E-state index in [1.54, 1.807) is 12.3 Å². The van der Waals surface area contributed by atoms with Gasteiger partial charge in [-0.25, -0.2) is 0 Å². The highest BCUT2D eigenvalue weighted by atomic mass is 16.5. The Bertz CT molecular complexity index is 267. The molecule has 70 valence electrons. The van der Waals surface area contributed by atoms with Crippen molar-refractivity contribution >= 4 is 12.6 Å². The predicted octanol–water partition coefficient (Wildman–Crippen LogP) is -0.450. The van der Waals surface area contributed by atoms with Gasteiger partial charge in [-0.15, -0.1) is 0 Å².